The summed E-state index contributed by atoms with van der Waals surface area (Å²) >= 11 is 0. The van der Waals surface area contributed by atoms with E-state index in [0.29, 0.717) is 19.4 Å². The van der Waals surface area contributed by atoms with Crippen LogP contribution in [0.3, 0.4) is 0 Å². The van der Waals surface area contributed by atoms with Crippen LogP contribution in [0.5, 0.6) is 0 Å². The lowest BCUT2D eigenvalue weighted by atomic mass is 9.82. The Bertz CT molecular complexity index is 626. The van der Waals surface area contributed by atoms with E-state index >= 15 is 0 Å². The Morgan fingerprint density at radius 1 is 1.08 bits per heavy atom. The maximum atomic E-state index is 13.1. The third-order valence-electron chi connectivity index (χ3n) is 5.11. The average molecular weight is 360 g/mol. The maximum Gasteiger partial charge on any atom is 0.337 e. The van der Waals surface area contributed by atoms with Crippen LogP contribution in [0.4, 0.5) is 0 Å². The fourth-order valence-electron chi connectivity index (χ4n) is 3.54. The van der Waals surface area contributed by atoms with E-state index in [0.717, 1.165) is 32.1 Å². The van der Waals surface area contributed by atoms with Crippen molar-refractivity contribution in [3.05, 3.63) is 35.9 Å². The van der Waals surface area contributed by atoms with Crippen LogP contribution in [0.2, 0.25) is 0 Å². The topological polar surface area (TPSA) is 109 Å². The van der Waals surface area contributed by atoms with Crippen LogP contribution in [0.25, 0.3) is 0 Å². The number of nitrogens with two attached hydrogens (primary N) is 1. The molecule has 0 saturated heterocycles. The number of carbonyl (C=O) groups excluding carboxylic acids is 2. The van der Waals surface area contributed by atoms with Crippen molar-refractivity contribution in [3.8, 4) is 0 Å². The molecule has 26 heavy (non-hydrogen) atoms. The third kappa shape index (κ3) is 4.69. The number of nitrogens with one attached hydrogen (secondary N) is 1. The summed E-state index contributed by atoms with van der Waals surface area (Å²) in [4.78, 5) is 38.0. The SMILES string of the molecule is NCCCC[C@](NC(=O)C1CCCCC1)(C(=O)O)C(=O)c1ccccc1. The van der Waals surface area contributed by atoms with Crippen molar-refractivity contribution in [2.75, 3.05) is 6.54 Å². The maximum absolute atomic E-state index is 13.1. The van der Waals surface area contributed by atoms with Crippen LogP contribution < -0.4 is 11.1 Å². The number of carbonyl (C=O) groups is 3. The van der Waals surface area contributed by atoms with Crippen LogP contribution in [-0.2, 0) is 9.59 Å². The predicted octanol–water partition coefficient (Wildman–Crippen LogP) is 2.52. The third-order valence-corrected chi connectivity index (χ3v) is 5.11. The minimum Gasteiger partial charge on any atom is -0.479 e. The van der Waals surface area contributed by atoms with Gasteiger partial charge in [-0.2, -0.15) is 0 Å². The van der Waals surface area contributed by atoms with Gasteiger partial charge in [0.05, 0.1) is 0 Å². The summed E-state index contributed by atoms with van der Waals surface area (Å²) in [6, 6.07) is 8.28. The van der Waals surface area contributed by atoms with Crippen molar-refractivity contribution in [2.45, 2.75) is 56.9 Å². The highest BCUT2D eigenvalue weighted by atomic mass is 16.4. The van der Waals surface area contributed by atoms with Crippen molar-refractivity contribution in [3.63, 3.8) is 0 Å². The summed E-state index contributed by atoms with van der Waals surface area (Å²) in [7, 11) is 0. The second-order valence-corrected chi connectivity index (χ2v) is 6.98. The fraction of sp³-hybridized carbons (Fsp3) is 0.550. The molecule has 142 valence electrons. The van der Waals surface area contributed by atoms with Gasteiger partial charge in [0.1, 0.15) is 0 Å². The van der Waals surface area contributed by atoms with Gasteiger partial charge in [-0.25, -0.2) is 4.79 Å². The zero-order valence-corrected chi connectivity index (χ0v) is 15.1. The first-order valence-corrected chi connectivity index (χ1v) is 9.36. The van der Waals surface area contributed by atoms with Gasteiger partial charge in [0.25, 0.3) is 0 Å². The van der Waals surface area contributed by atoms with E-state index in [1.807, 2.05) is 0 Å². The summed E-state index contributed by atoms with van der Waals surface area (Å²) in [5, 5.41) is 12.6. The molecule has 1 atom stereocenters. The van der Waals surface area contributed by atoms with E-state index in [-0.39, 0.29) is 23.8 Å². The van der Waals surface area contributed by atoms with E-state index in [1.54, 1.807) is 30.3 Å². The van der Waals surface area contributed by atoms with Crippen molar-refractivity contribution < 1.29 is 19.5 Å². The lowest BCUT2D eigenvalue weighted by molar-refractivity contribution is -0.146. The van der Waals surface area contributed by atoms with E-state index < -0.39 is 17.3 Å². The normalized spacial score (nSPS) is 17.3. The molecule has 0 spiro atoms. The standard InChI is InChI=1S/C20H28N2O4/c21-14-8-7-13-20(19(25)26,17(23)15-9-3-1-4-10-15)22-18(24)16-11-5-2-6-12-16/h1,3-4,9-10,16H,2,5-8,11-14,21H2,(H,22,24)(H,25,26)/t20-/m1/s1. The Labute approximate surface area is 154 Å². The highest BCUT2D eigenvalue weighted by molar-refractivity contribution is 6.17. The van der Waals surface area contributed by atoms with Crippen molar-refractivity contribution in [1.82, 2.24) is 5.32 Å². The molecule has 1 aliphatic rings. The zero-order valence-electron chi connectivity index (χ0n) is 15.1. The largest absolute Gasteiger partial charge is 0.479 e. The first-order valence-electron chi connectivity index (χ1n) is 9.36. The number of rotatable bonds is 9. The van der Waals surface area contributed by atoms with Crippen molar-refractivity contribution >= 4 is 17.7 Å². The highest BCUT2D eigenvalue weighted by Gasteiger charge is 2.48. The van der Waals surface area contributed by atoms with E-state index in [2.05, 4.69) is 5.32 Å². The monoisotopic (exact) mass is 360 g/mol. The number of hydrogen-bond acceptors (Lipinski definition) is 4. The molecule has 4 N–H and O–H groups in total. The summed E-state index contributed by atoms with van der Waals surface area (Å²) in [6.45, 7) is 0.409. The molecule has 0 aliphatic heterocycles. The molecule has 1 amide bonds. The minimum atomic E-state index is -1.94. The van der Waals surface area contributed by atoms with E-state index in [4.69, 9.17) is 5.73 Å². The molecule has 0 radical (unpaired) electrons. The molecule has 1 saturated carbocycles. The molecule has 2 rings (SSSR count). The van der Waals surface area contributed by atoms with Gasteiger partial charge in [-0.1, -0.05) is 49.6 Å². The number of ketones is 1. The van der Waals surface area contributed by atoms with Crippen LogP contribution >= 0.6 is 0 Å². The molecule has 0 aromatic heterocycles. The quantitative estimate of drug-likeness (QED) is 0.356. The van der Waals surface area contributed by atoms with Gasteiger partial charge in [-0.05, 0) is 38.6 Å². The number of hydrogen-bond donors (Lipinski definition) is 3. The van der Waals surface area contributed by atoms with Gasteiger partial charge in [-0.15, -0.1) is 0 Å². The van der Waals surface area contributed by atoms with Crippen LogP contribution in [0, 0.1) is 5.92 Å². The Kier molecular flexibility index (Phi) is 7.33. The van der Waals surface area contributed by atoms with Crippen LogP contribution in [-0.4, -0.2) is 34.8 Å². The molecule has 1 fully saturated rings. The first kappa shape index (κ1) is 20.1. The second kappa shape index (κ2) is 9.48. The van der Waals surface area contributed by atoms with Gasteiger partial charge in [-0.3, -0.25) is 9.59 Å². The molecule has 0 heterocycles. The molecular formula is C20H28N2O4. The van der Waals surface area contributed by atoms with Gasteiger partial charge >= 0.3 is 5.97 Å². The number of aliphatic carboxylic acids is 1. The Hall–Kier alpha value is -2.21. The van der Waals surface area contributed by atoms with Gasteiger partial charge in [0.2, 0.25) is 11.4 Å². The van der Waals surface area contributed by atoms with Gasteiger partial charge in [0, 0.05) is 11.5 Å². The average Bonchev–Trinajstić information content (AvgIpc) is 2.67. The number of benzene rings is 1. The first-order chi connectivity index (χ1) is 12.5. The Morgan fingerprint density at radius 3 is 2.31 bits per heavy atom. The molecule has 1 aliphatic carbocycles. The Balaban J connectivity index is 2.30. The van der Waals surface area contributed by atoms with E-state index in [1.165, 1.54) is 0 Å². The van der Waals surface area contributed by atoms with Crippen LogP contribution in [0.1, 0.15) is 61.7 Å². The molecule has 6 heteroatoms. The second-order valence-electron chi connectivity index (χ2n) is 6.98. The molecule has 1 aromatic carbocycles. The molecule has 1 aromatic rings. The fourth-order valence-corrected chi connectivity index (χ4v) is 3.54. The summed E-state index contributed by atoms with van der Waals surface area (Å²) in [5.41, 5.74) is 3.86. The number of amides is 1. The van der Waals surface area contributed by atoms with Crippen molar-refractivity contribution in [2.24, 2.45) is 11.7 Å². The molecule has 0 unspecified atom stereocenters. The smallest absolute Gasteiger partial charge is 0.337 e. The lowest BCUT2D eigenvalue weighted by Crippen LogP contribution is -2.61. The van der Waals surface area contributed by atoms with Gasteiger partial charge < -0.3 is 16.2 Å². The summed E-state index contributed by atoms with van der Waals surface area (Å²) in [5.74, 6) is -2.44. The molecular weight excluding hydrogens is 332 g/mol. The summed E-state index contributed by atoms with van der Waals surface area (Å²) in [6.07, 6.45) is 5.56. The highest BCUT2D eigenvalue weighted by Crippen LogP contribution is 2.27. The number of unbranched alkanes of at least 4 members (excludes halogenated alkanes) is 1. The Morgan fingerprint density at radius 2 is 1.73 bits per heavy atom. The molecule has 0 bridgehead atoms. The molecule has 6 nitrogen and oxygen atoms in total. The van der Waals surface area contributed by atoms with E-state index in [9.17, 15) is 19.5 Å². The summed E-state index contributed by atoms with van der Waals surface area (Å²) < 4.78 is 0. The minimum absolute atomic E-state index is 0.0335. The lowest BCUT2D eigenvalue weighted by Gasteiger charge is -2.32. The van der Waals surface area contributed by atoms with Crippen molar-refractivity contribution in [1.29, 1.82) is 0 Å². The number of carboxylic acid groups (broad SMARTS) is 1. The number of Topliss-reactive ketones (excluding diaryl/α,β-unsaturated/α-hetero) is 1. The van der Waals surface area contributed by atoms with Crippen LogP contribution in [0.15, 0.2) is 30.3 Å². The zero-order chi connectivity index (χ0) is 19.0. The van der Waals surface area contributed by atoms with Gasteiger partial charge in [0.15, 0.2) is 5.78 Å². The number of carboxylic acids is 1. The predicted molar refractivity (Wildman–Crippen MR) is 98.8 cm³/mol.